The van der Waals surface area contributed by atoms with Crippen LogP contribution in [0.3, 0.4) is 0 Å². The molecule has 0 aliphatic rings. The molecule has 0 radical (unpaired) electrons. The van der Waals surface area contributed by atoms with Crippen LogP contribution < -0.4 is 4.74 Å². The Morgan fingerprint density at radius 1 is 1.04 bits per heavy atom. The van der Waals surface area contributed by atoms with E-state index in [9.17, 15) is 0 Å². The Hall–Kier alpha value is -2.33. The maximum atomic E-state index is 6.11. The van der Waals surface area contributed by atoms with E-state index < -0.39 is 0 Å². The Bertz CT molecular complexity index is 886. The summed E-state index contributed by atoms with van der Waals surface area (Å²) in [6.45, 7) is 6.71. The molecule has 0 spiro atoms. The summed E-state index contributed by atoms with van der Waals surface area (Å²) in [5.74, 6) is 2.38. The smallest absolute Gasteiger partial charge is 0.181 e. The van der Waals surface area contributed by atoms with Crippen LogP contribution in [-0.4, -0.2) is 21.9 Å². The zero-order valence-corrected chi connectivity index (χ0v) is 15.1. The summed E-state index contributed by atoms with van der Waals surface area (Å²) >= 11 is 6.11. The van der Waals surface area contributed by atoms with Gasteiger partial charge in [-0.15, -0.1) is 0 Å². The van der Waals surface area contributed by atoms with Crippen LogP contribution in [0.15, 0.2) is 36.4 Å². The molecule has 0 saturated carbocycles. The lowest BCUT2D eigenvalue weighted by atomic mass is 10.1. The molecule has 0 bridgehead atoms. The van der Waals surface area contributed by atoms with E-state index in [-0.39, 0.29) is 0 Å². The molecule has 2 aromatic carbocycles. The predicted molar refractivity (Wildman–Crippen MR) is 96.8 cm³/mol. The topological polar surface area (TPSA) is 39.9 Å². The molecule has 1 aromatic heterocycles. The molecule has 4 nitrogen and oxygen atoms in total. The molecule has 0 saturated heterocycles. The van der Waals surface area contributed by atoms with Gasteiger partial charge in [-0.3, -0.25) is 0 Å². The van der Waals surface area contributed by atoms with Crippen LogP contribution >= 0.6 is 11.6 Å². The van der Waals surface area contributed by atoms with Crippen molar-refractivity contribution in [3.63, 3.8) is 0 Å². The number of halogens is 1. The highest BCUT2D eigenvalue weighted by molar-refractivity contribution is 6.30. The fraction of sp³-hybridized carbons (Fsp3) is 0.263. The van der Waals surface area contributed by atoms with Crippen LogP contribution in [0, 0.1) is 20.8 Å². The summed E-state index contributed by atoms with van der Waals surface area (Å²) in [6.07, 6.45) is 0. The molecule has 0 aliphatic carbocycles. The average molecular weight is 342 g/mol. The highest BCUT2D eigenvalue weighted by atomic mass is 35.5. The summed E-state index contributed by atoms with van der Waals surface area (Å²) in [4.78, 5) is 4.60. The molecule has 0 fully saturated rings. The molecule has 3 rings (SSSR count). The van der Waals surface area contributed by atoms with Crippen molar-refractivity contribution >= 4 is 11.6 Å². The van der Waals surface area contributed by atoms with Crippen LogP contribution in [-0.2, 0) is 6.54 Å². The fourth-order valence-electron chi connectivity index (χ4n) is 2.60. The Kier molecular flexibility index (Phi) is 4.58. The van der Waals surface area contributed by atoms with Gasteiger partial charge in [0.2, 0.25) is 0 Å². The molecule has 0 aliphatic heterocycles. The van der Waals surface area contributed by atoms with Crippen molar-refractivity contribution in [1.29, 1.82) is 0 Å². The van der Waals surface area contributed by atoms with Gasteiger partial charge in [0.1, 0.15) is 11.6 Å². The fourth-order valence-corrected chi connectivity index (χ4v) is 2.80. The summed E-state index contributed by atoms with van der Waals surface area (Å²) in [6, 6.07) is 11.9. The van der Waals surface area contributed by atoms with E-state index in [2.05, 4.69) is 42.1 Å². The summed E-state index contributed by atoms with van der Waals surface area (Å²) < 4.78 is 7.29. The highest BCUT2D eigenvalue weighted by Gasteiger charge is 2.12. The molecule has 3 aromatic rings. The van der Waals surface area contributed by atoms with E-state index in [0.29, 0.717) is 11.6 Å². The van der Waals surface area contributed by atoms with Gasteiger partial charge in [0, 0.05) is 16.1 Å². The predicted octanol–water partition coefficient (Wildman–Crippen LogP) is 4.58. The minimum Gasteiger partial charge on any atom is -0.496 e. The van der Waals surface area contributed by atoms with E-state index in [1.807, 2.05) is 29.8 Å². The third kappa shape index (κ3) is 3.29. The summed E-state index contributed by atoms with van der Waals surface area (Å²) in [5, 5.41) is 5.34. The second-order valence-electron chi connectivity index (χ2n) is 5.90. The van der Waals surface area contributed by atoms with Gasteiger partial charge >= 0.3 is 0 Å². The number of ether oxygens (including phenoxy) is 1. The molecule has 0 atom stereocenters. The van der Waals surface area contributed by atoms with E-state index in [0.717, 1.165) is 28.5 Å². The largest absolute Gasteiger partial charge is 0.496 e. The van der Waals surface area contributed by atoms with Crippen LogP contribution in [0.25, 0.3) is 11.4 Å². The van der Waals surface area contributed by atoms with Gasteiger partial charge in [0.25, 0.3) is 0 Å². The molecular formula is C19H20ClN3O. The van der Waals surface area contributed by atoms with Gasteiger partial charge in [0.05, 0.1) is 13.7 Å². The first-order valence-electron chi connectivity index (χ1n) is 7.79. The number of benzene rings is 2. The van der Waals surface area contributed by atoms with Crippen molar-refractivity contribution < 1.29 is 4.74 Å². The molecular weight excluding hydrogens is 322 g/mol. The normalized spacial score (nSPS) is 10.9. The number of hydrogen-bond donors (Lipinski definition) is 0. The number of nitrogens with zero attached hydrogens (tertiary/aromatic N) is 3. The van der Waals surface area contributed by atoms with Crippen molar-refractivity contribution in [2.75, 3.05) is 7.11 Å². The third-order valence-corrected chi connectivity index (χ3v) is 4.42. The number of rotatable bonds is 4. The maximum absolute atomic E-state index is 6.11. The van der Waals surface area contributed by atoms with Crippen LogP contribution in [0.5, 0.6) is 5.75 Å². The second kappa shape index (κ2) is 6.65. The van der Waals surface area contributed by atoms with Crippen molar-refractivity contribution in [2.24, 2.45) is 0 Å². The molecule has 5 heteroatoms. The number of aromatic nitrogens is 3. The standard InChI is InChI=1S/C19H20ClN3O/c1-12-5-6-15(9-13(12)2)19-21-14(3)23(22-19)11-16-10-17(20)7-8-18(16)24-4/h5-10H,11H2,1-4H3. The van der Waals surface area contributed by atoms with Crippen molar-refractivity contribution in [2.45, 2.75) is 27.3 Å². The number of aryl methyl sites for hydroxylation is 3. The lowest BCUT2D eigenvalue weighted by molar-refractivity contribution is 0.407. The molecule has 0 N–H and O–H groups in total. The van der Waals surface area contributed by atoms with Crippen LogP contribution in [0.4, 0.5) is 0 Å². The van der Waals surface area contributed by atoms with Crippen molar-refractivity contribution in [1.82, 2.24) is 14.8 Å². The van der Waals surface area contributed by atoms with E-state index in [1.165, 1.54) is 11.1 Å². The van der Waals surface area contributed by atoms with E-state index >= 15 is 0 Å². The first kappa shape index (κ1) is 16.5. The Morgan fingerprint density at radius 2 is 1.83 bits per heavy atom. The first-order chi connectivity index (χ1) is 11.5. The Morgan fingerprint density at radius 3 is 2.54 bits per heavy atom. The van der Waals surface area contributed by atoms with Gasteiger partial charge < -0.3 is 4.74 Å². The molecule has 0 amide bonds. The van der Waals surface area contributed by atoms with Gasteiger partial charge in [-0.2, -0.15) is 5.10 Å². The number of methoxy groups -OCH3 is 1. The van der Waals surface area contributed by atoms with Gasteiger partial charge in [-0.25, -0.2) is 9.67 Å². The number of hydrogen-bond acceptors (Lipinski definition) is 3. The minimum atomic E-state index is 0.563. The maximum Gasteiger partial charge on any atom is 0.181 e. The Balaban J connectivity index is 1.95. The SMILES string of the molecule is COc1ccc(Cl)cc1Cn1nc(-c2ccc(C)c(C)c2)nc1C. The van der Waals surface area contributed by atoms with E-state index in [4.69, 9.17) is 16.3 Å². The van der Waals surface area contributed by atoms with Crippen LogP contribution in [0.2, 0.25) is 5.02 Å². The monoisotopic (exact) mass is 341 g/mol. The van der Waals surface area contributed by atoms with Crippen molar-refractivity contribution in [3.8, 4) is 17.1 Å². The Labute approximate surface area is 147 Å². The highest BCUT2D eigenvalue weighted by Crippen LogP contribution is 2.25. The quantitative estimate of drug-likeness (QED) is 0.697. The van der Waals surface area contributed by atoms with Crippen LogP contribution in [0.1, 0.15) is 22.5 Å². The van der Waals surface area contributed by atoms with Gasteiger partial charge in [-0.05, 0) is 56.2 Å². The molecule has 0 unspecified atom stereocenters. The summed E-state index contributed by atoms with van der Waals surface area (Å²) in [5.41, 5.74) is 4.50. The lowest BCUT2D eigenvalue weighted by Crippen LogP contribution is -2.05. The summed E-state index contributed by atoms with van der Waals surface area (Å²) in [7, 11) is 1.65. The molecule has 1 heterocycles. The average Bonchev–Trinajstić information content (AvgIpc) is 2.91. The van der Waals surface area contributed by atoms with Gasteiger partial charge in [0.15, 0.2) is 5.82 Å². The second-order valence-corrected chi connectivity index (χ2v) is 6.33. The lowest BCUT2D eigenvalue weighted by Gasteiger charge is -2.09. The third-order valence-electron chi connectivity index (χ3n) is 4.18. The molecule has 124 valence electrons. The van der Waals surface area contributed by atoms with Crippen molar-refractivity contribution in [3.05, 3.63) is 63.9 Å². The zero-order chi connectivity index (χ0) is 17.3. The van der Waals surface area contributed by atoms with Gasteiger partial charge in [-0.1, -0.05) is 23.7 Å². The zero-order valence-electron chi connectivity index (χ0n) is 14.3. The first-order valence-corrected chi connectivity index (χ1v) is 8.17. The van der Waals surface area contributed by atoms with E-state index in [1.54, 1.807) is 7.11 Å². The minimum absolute atomic E-state index is 0.563. The molecule has 24 heavy (non-hydrogen) atoms.